The molecule has 1 aromatic rings. The highest BCUT2D eigenvalue weighted by Gasteiger charge is 1.88. The van der Waals surface area contributed by atoms with Crippen LogP contribution in [-0.2, 0) is 0 Å². The van der Waals surface area contributed by atoms with Crippen molar-refractivity contribution in [2.75, 3.05) is 6.26 Å². The van der Waals surface area contributed by atoms with Crippen LogP contribution < -0.4 is 0 Å². The second-order valence-electron chi connectivity index (χ2n) is 0.872. The molecule has 0 bridgehead atoms. The number of nitrogens with zero attached hydrogens (tertiary/aromatic N) is 2. The van der Waals surface area contributed by atoms with Crippen LogP contribution in [-0.4, -0.2) is 15.6 Å². The van der Waals surface area contributed by atoms with E-state index in [1.54, 1.807) is 0 Å². The molecule has 2 nitrogen and oxygen atoms in total. The van der Waals surface area contributed by atoms with Crippen molar-refractivity contribution in [3.63, 3.8) is 0 Å². The van der Waals surface area contributed by atoms with Crippen molar-refractivity contribution in [2.24, 2.45) is 0 Å². The minimum Gasteiger partial charge on any atom is -0.206 e. The summed E-state index contributed by atoms with van der Waals surface area (Å²) in [5.41, 5.74) is 2.64. The van der Waals surface area contributed by atoms with Crippen LogP contribution >= 0.6 is 23.3 Å². The summed E-state index contributed by atoms with van der Waals surface area (Å²) >= 11 is 2.79. The Balaban J connectivity index is 2.76. The molecule has 0 saturated heterocycles. The highest BCUT2D eigenvalue weighted by Crippen LogP contribution is 2.06. The van der Waals surface area contributed by atoms with Gasteiger partial charge in [-0.15, -0.1) is 0 Å². The molecule has 0 amide bonds. The zero-order valence-corrected chi connectivity index (χ0v) is 5.34. The Bertz CT molecular complexity index is 125. The van der Waals surface area contributed by atoms with Crippen LogP contribution in [0.1, 0.15) is 0 Å². The fraction of sp³-hybridized carbons (Fsp3) is 0.333. The van der Waals surface area contributed by atoms with Crippen molar-refractivity contribution < 1.29 is 0 Å². The summed E-state index contributed by atoms with van der Waals surface area (Å²) in [7, 11) is 0. The van der Waals surface area contributed by atoms with E-state index in [1.807, 2.05) is 6.26 Å². The zero-order chi connectivity index (χ0) is 5.11. The molecule has 1 radical (unpaired) electrons. The van der Waals surface area contributed by atoms with Gasteiger partial charge in [0.1, 0.15) is 0 Å². The largest absolute Gasteiger partial charge is 0.206 e. The molecule has 0 saturated carbocycles. The molecule has 0 spiro atoms. The van der Waals surface area contributed by atoms with E-state index >= 15 is 0 Å². The van der Waals surface area contributed by atoms with Crippen molar-refractivity contribution in [1.29, 1.82) is 0 Å². The first-order valence-electron chi connectivity index (χ1n) is 1.67. The third-order valence-corrected chi connectivity index (χ3v) is 1.59. The van der Waals surface area contributed by atoms with Gasteiger partial charge >= 0.3 is 0 Å². The average molecular weight is 131 g/mol. The van der Waals surface area contributed by atoms with Crippen molar-refractivity contribution >= 4 is 23.3 Å². The van der Waals surface area contributed by atoms with E-state index < -0.39 is 0 Å². The summed E-state index contributed by atoms with van der Waals surface area (Å²) in [6, 6.07) is 0. The molecule has 4 heteroatoms. The Morgan fingerprint density at radius 2 is 2.71 bits per heavy atom. The SMILES string of the molecule is CSc1n[c]sn1. The molecular formula is C3H3N2S2. The topological polar surface area (TPSA) is 25.8 Å². The van der Waals surface area contributed by atoms with Gasteiger partial charge < -0.3 is 0 Å². The molecule has 37 valence electrons. The standard InChI is InChI=1S/C3H3N2S2/c1-6-3-4-2-7-5-3/h1H3. The molecule has 0 N–H and O–H groups in total. The summed E-state index contributed by atoms with van der Waals surface area (Å²) in [6.45, 7) is 0. The first-order chi connectivity index (χ1) is 3.43. The number of hydrogen-bond donors (Lipinski definition) is 0. The summed E-state index contributed by atoms with van der Waals surface area (Å²) in [6.07, 6.45) is 1.94. The fourth-order valence-corrected chi connectivity index (χ4v) is 1.11. The molecule has 0 aliphatic heterocycles. The number of thioether (sulfide) groups is 1. The van der Waals surface area contributed by atoms with E-state index in [0.29, 0.717) is 0 Å². The van der Waals surface area contributed by atoms with Gasteiger partial charge in [0.25, 0.3) is 0 Å². The maximum absolute atomic E-state index is 3.87. The average Bonchev–Trinajstić information content (AvgIpc) is 2.14. The molecule has 1 heterocycles. The molecule has 0 aliphatic rings. The normalized spacial score (nSPS) is 9.29. The summed E-state index contributed by atoms with van der Waals surface area (Å²) in [5, 5.41) is 0.810. The van der Waals surface area contributed by atoms with E-state index in [9.17, 15) is 0 Å². The second-order valence-corrected chi connectivity index (χ2v) is 2.19. The van der Waals surface area contributed by atoms with Crippen molar-refractivity contribution in [3.05, 3.63) is 5.51 Å². The van der Waals surface area contributed by atoms with E-state index in [0.717, 1.165) is 5.16 Å². The summed E-state index contributed by atoms with van der Waals surface area (Å²) < 4.78 is 3.87. The van der Waals surface area contributed by atoms with Gasteiger partial charge in [-0.1, -0.05) is 11.8 Å². The van der Waals surface area contributed by atoms with E-state index in [2.05, 4.69) is 14.9 Å². The van der Waals surface area contributed by atoms with Crippen LogP contribution in [0.5, 0.6) is 0 Å². The van der Waals surface area contributed by atoms with Crippen LogP contribution in [0.2, 0.25) is 0 Å². The third kappa shape index (κ3) is 1.14. The summed E-state index contributed by atoms with van der Waals surface area (Å²) in [5.74, 6) is 0. The van der Waals surface area contributed by atoms with Gasteiger partial charge in [-0.3, -0.25) is 0 Å². The molecule has 0 aliphatic carbocycles. The molecule has 0 atom stereocenters. The Kier molecular flexibility index (Phi) is 1.64. The first-order valence-corrected chi connectivity index (χ1v) is 3.67. The lowest BCUT2D eigenvalue weighted by atomic mass is 11.3. The lowest BCUT2D eigenvalue weighted by Crippen LogP contribution is -1.66. The van der Waals surface area contributed by atoms with Crippen molar-refractivity contribution in [2.45, 2.75) is 5.16 Å². The molecule has 0 aromatic carbocycles. The Morgan fingerprint density at radius 1 is 1.86 bits per heavy atom. The van der Waals surface area contributed by atoms with Gasteiger partial charge in [0.15, 0.2) is 10.7 Å². The van der Waals surface area contributed by atoms with Gasteiger partial charge in [0, 0.05) is 0 Å². The maximum atomic E-state index is 3.87. The van der Waals surface area contributed by atoms with Gasteiger partial charge in [-0.05, 0) is 17.8 Å². The lowest BCUT2D eigenvalue weighted by molar-refractivity contribution is 1.08. The van der Waals surface area contributed by atoms with Gasteiger partial charge in [-0.25, -0.2) is 4.98 Å². The van der Waals surface area contributed by atoms with Crippen LogP contribution in [0, 0.1) is 5.51 Å². The van der Waals surface area contributed by atoms with Gasteiger partial charge in [-0.2, -0.15) is 4.37 Å². The van der Waals surface area contributed by atoms with E-state index in [-0.39, 0.29) is 0 Å². The number of aromatic nitrogens is 2. The van der Waals surface area contributed by atoms with Crippen molar-refractivity contribution in [1.82, 2.24) is 9.36 Å². The molecule has 7 heavy (non-hydrogen) atoms. The fourth-order valence-electron chi connectivity index (χ4n) is 0.222. The zero-order valence-electron chi connectivity index (χ0n) is 3.71. The van der Waals surface area contributed by atoms with Crippen LogP contribution in [0.3, 0.4) is 0 Å². The predicted molar refractivity (Wildman–Crippen MR) is 30.5 cm³/mol. The second kappa shape index (κ2) is 2.28. The highest BCUT2D eigenvalue weighted by atomic mass is 32.2. The molecule has 1 aromatic heterocycles. The van der Waals surface area contributed by atoms with Gasteiger partial charge in [0.05, 0.1) is 0 Å². The summed E-state index contributed by atoms with van der Waals surface area (Å²) in [4.78, 5) is 3.78. The Labute approximate surface area is 50.1 Å². The maximum Gasteiger partial charge on any atom is 0.200 e. The van der Waals surface area contributed by atoms with E-state index in [4.69, 9.17) is 0 Å². The number of hydrogen-bond acceptors (Lipinski definition) is 4. The number of rotatable bonds is 1. The Hall–Kier alpha value is -0.0900. The minimum absolute atomic E-state index is 0.810. The molecule has 1 rings (SSSR count). The third-order valence-electron chi connectivity index (χ3n) is 0.488. The van der Waals surface area contributed by atoms with Crippen LogP contribution in [0.25, 0.3) is 0 Å². The Morgan fingerprint density at radius 3 is 3.00 bits per heavy atom. The monoisotopic (exact) mass is 131 g/mol. The van der Waals surface area contributed by atoms with E-state index in [1.165, 1.54) is 23.3 Å². The smallest absolute Gasteiger partial charge is 0.200 e. The predicted octanol–water partition coefficient (Wildman–Crippen LogP) is 1.06. The highest BCUT2D eigenvalue weighted by molar-refractivity contribution is 7.98. The van der Waals surface area contributed by atoms with Gasteiger partial charge in [0.2, 0.25) is 0 Å². The molecule has 0 unspecified atom stereocenters. The van der Waals surface area contributed by atoms with Crippen LogP contribution in [0.15, 0.2) is 5.16 Å². The first kappa shape index (κ1) is 5.05. The lowest BCUT2D eigenvalue weighted by Gasteiger charge is -1.74. The quantitative estimate of drug-likeness (QED) is 0.533. The van der Waals surface area contributed by atoms with Crippen LogP contribution in [0.4, 0.5) is 0 Å². The molecule has 0 fully saturated rings. The molecular weight excluding hydrogens is 128 g/mol. The minimum atomic E-state index is 0.810. The van der Waals surface area contributed by atoms with Crippen molar-refractivity contribution in [3.8, 4) is 0 Å².